The van der Waals surface area contributed by atoms with E-state index in [0.717, 1.165) is 29.6 Å². The number of hydrogen-bond acceptors (Lipinski definition) is 3. The highest BCUT2D eigenvalue weighted by Gasteiger charge is 2.42. The van der Waals surface area contributed by atoms with Crippen LogP contribution in [0.4, 0.5) is 0 Å². The minimum absolute atomic E-state index is 0.183. The van der Waals surface area contributed by atoms with Crippen LogP contribution >= 0.6 is 0 Å². The molecule has 1 aliphatic carbocycles. The van der Waals surface area contributed by atoms with Gasteiger partial charge < -0.3 is 14.9 Å². The predicted molar refractivity (Wildman–Crippen MR) is 71.4 cm³/mol. The Morgan fingerprint density at radius 1 is 1.28 bits per heavy atom. The molecule has 0 aliphatic heterocycles. The van der Waals surface area contributed by atoms with Crippen LogP contribution in [0, 0.1) is 0 Å². The van der Waals surface area contributed by atoms with Gasteiger partial charge in [0.15, 0.2) is 0 Å². The summed E-state index contributed by atoms with van der Waals surface area (Å²) in [5.74, 6) is 0.833. The Morgan fingerprint density at radius 3 is 2.67 bits per heavy atom. The molecule has 1 unspecified atom stereocenters. The van der Waals surface area contributed by atoms with Gasteiger partial charge in [-0.1, -0.05) is 31.0 Å². The Balaban J connectivity index is 1.98. The Labute approximate surface area is 107 Å². The highest BCUT2D eigenvalue weighted by molar-refractivity contribution is 5.77. The first-order chi connectivity index (χ1) is 8.75. The second-order valence-electron chi connectivity index (χ2n) is 5.14. The van der Waals surface area contributed by atoms with E-state index in [2.05, 4.69) is 0 Å². The number of para-hydroxylation sites is 1. The summed E-state index contributed by atoms with van der Waals surface area (Å²) in [5, 5.41) is 1.10. The molecule has 1 fully saturated rings. The standard InChI is InChI=1S/C15H19NO2/c1-17-15(8-4-5-9-15)14(16)13-10-11-6-2-3-7-12(11)18-13/h2-3,6-7,10,14H,4-5,8-9,16H2,1H3. The number of ether oxygens (including phenoxy) is 1. The zero-order valence-corrected chi connectivity index (χ0v) is 10.7. The Morgan fingerprint density at radius 2 is 2.00 bits per heavy atom. The first-order valence-corrected chi connectivity index (χ1v) is 6.54. The molecule has 0 spiro atoms. The molecule has 1 aromatic heterocycles. The van der Waals surface area contributed by atoms with Crippen LogP contribution in [0.25, 0.3) is 11.0 Å². The SMILES string of the molecule is COC1(C(N)c2cc3ccccc3o2)CCCC1. The zero-order valence-electron chi connectivity index (χ0n) is 10.7. The van der Waals surface area contributed by atoms with Gasteiger partial charge in [0.25, 0.3) is 0 Å². The van der Waals surface area contributed by atoms with Crippen molar-refractivity contribution >= 4 is 11.0 Å². The van der Waals surface area contributed by atoms with Crippen molar-refractivity contribution in [2.75, 3.05) is 7.11 Å². The Bertz CT molecular complexity index is 507. The third-order valence-electron chi connectivity index (χ3n) is 4.17. The third-order valence-corrected chi connectivity index (χ3v) is 4.17. The van der Waals surface area contributed by atoms with E-state index in [1.54, 1.807) is 7.11 Å². The highest BCUT2D eigenvalue weighted by atomic mass is 16.5. The van der Waals surface area contributed by atoms with Crippen LogP contribution in [-0.2, 0) is 4.74 Å². The van der Waals surface area contributed by atoms with Gasteiger partial charge in [-0.3, -0.25) is 0 Å². The van der Waals surface area contributed by atoms with Gasteiger partial charge in [-0.2, -0.15) is 0 Å². The molecule has 1 atom stereocenters. The fraction of sp³-hybridized carbons (Fsp3) is 0.467. The van der Waals surface area contributed by atoms with E-state index in [9.17, 15) is 0 Å². The molecule has 0 radical (unpaired) electrons. The number of nitrogens with two attached hydrogens (primary N) is 1. The van der Waals surface area contributed by atoms with Crippen molar-refractivity contribution in [2.45, 2.75) is 37.3 Å². The molecule has 18 heavy (non-hydrogen) atoms. The molecule has 3 nitrogen and oxygen atoms in total. The van der Waals surface area contributed by atoms with E-state index in [1.165, 1.54) is 12.8 Å². The van der Waals surface area contributed by atoms with Gasteiger partial charge in [-0.25, -0.2) is 0 Å². The summed E-state index contributed by atoms with van der Waals surface area (Å²) in [6.07, 6.45) is 4.40. The largest absolute Gasteiger partial charge is 0.459 e. The van der Waals surface area contributed by atoms with Crippen molar-refractivity contribution < 1.29 is 9.15 Å². The maximum Gasteiger partial charge on any atom is 0.134 e. The number of benzene rings is 1. The average Bonchev–Trinajstić information content (AvgIpc) is 3.05. The molecule has 1 saturated carbocycles. The lowest BCUT2D eigenvalue weighted by Crippen LogP contribution is -2.40. The van der Waals surface area contributed by atoms with E-state index < -0.39 is 0 Å². The predicted octanol–water partition coefficient (Wildman–Crippen LogP) is 3.39. The van der Waals surface area contributed by atoms with Gasteiger partial charge in [-0.15, -0.1) is 0 Å². The second-order valence-corrected chi connectivity index (χ2v) is 5.14. The molecule has 2 N–H and O–H groups in total. The van der Waals surface area contributed by atoms with Crippen LogP contribution in [0.15, 0.2) is 34.7 Å². The van der Waals surface area contributed by atoms with Crippen molar-refractivity contribution in [3.63, 3.8) is 0 Å². The Hall–Kier alpha value is -1.32. The van der Waals surface area contributed by atoms with E-state index >= 15 is 0 Å². The van der Waals surface area contributed by atoms with Gasteiger partial charge in [-0.05, 0) is 25.0 Å². The second kappa shape index (κ2) is 4.41. The lowest BCUT2D eigenvalue weighted by molar-refractivity contribution is -0.0309. The third kappa shape index (κ3) is 1.74. The van der Waals surface area contributed by atoms with E-state index in [1.807, 2.05) is 30.3 Å². The number of fused-ring (bicyclic) bond motifs is 1. The monoisotopic (exact) mass is 245 g/mol. The Kier molecular flexibility index (Phi) is 2.88. The maximum atomic E-state index is 6.39. The van der Waals surface area contributed by atoms with E-state index in [0.29, 0.717) is 0 Å². The van der Waals surface area contributed by atoms with Crippen molar-refractivity contribution in [2.24, 2.45) is 5.73 Å². The summed E-state index contributed by atoms with van der Waals surface area (Å²) in [6, 6.07) is 9.86. The molecule has 96 valence electrons. The quantitative estimate of drug-likeness (QED) is 0.901. The molecule has 3 heteroatoms. The molecule has 3 rings (SSSR count). The molecule has 1 heterocycles. The van der Waals surface area contributed by atoms with Gasteiger partial charge in [0, 0.05) is 12.5 Å². The van der Waals surface area contributed by atoms with Crippen molar-refractivity contribution in [1.29, 1.82) is 0 Å². The number of furan rings is 1. The summed E-state index contributed by atoms with van der Waals surface area (Å²) < 4.78 is 11.6. The van der Waals surface area contributed by atoms with Crippen LogP contribution in [0.3, 0.4) is 0 Å². The minimum atomic E-state index is -0.242. The van der Waals surface area contributed by atoms with Gasteiger partial charge in [0.2, 0.25) is 0 Å². The lowest BCUT2D eigenvalue weighted by Gasteiger charge is -2.32. The van der Waals surface area contributed by atoms with Gasteiger partial charge >= 0.3 is 0 Å². The topological polar surface area (TPSA) is 48.4 Å². The van der Waals surface area contributed by atoms with Crippen molar-refractivity contribution in [3.8, 4) is 0 Å². The van der Waals surface area contributed by atoms with Crippen LogP contribution in [0.1, 0.15) is 37.5 Å². The molecule has 0 amide bonds. The fourth-order valence-corrected chi connectivity index (χ4v) is 3.03. The van der Waals surface area contributed by atoms with Crippen LogP contribution < -0.4 is 5.73 Å². The molecular formula is C15H19NO2. The van der Waals surface area contributed by atoms with Gasteiger partial charge in [0.05, 0.1) is 11.6 Å². The molecule has 1 aromatic carbocycles. The lowest BCUT2D eigenvalue weighted by atomic mass is 9.91. The summed E-state index contributed by atoms with van der Waals surface area (Å²) in [5.41, 5.74) is 7.04. The zero-order chi connectivity index (χ0) is 12.6. The summed E-state index contributed by atoms with van der Waals surface area (Å²) in [7, 11) is 1.76. The highest BCUT2D eigenvalue weighted by Crippen LogP contribution is 2.42. The summed E-state index contributed by atoms with van der Waals surface area (Å²) in [4.78, 5) is 0. The van der Waals surface area contributed by atoms with Crippen LogP contribution in [0.5, 0.6) is 0 Å². The summed E-state index contributed by atoms with van der Waals surface area (Å²) >= 11 is 0. The molecule has 0 bridgehead atoms. The average molecular weight is 245 g/mol. The molecule has 1 aliphatic rings. The fourth-order valence-electron chi connectivity index (χ4n) is 3.03. The molecule has 2 aromatic rings. The smallest absolute Gasteiger partial charge is 0.134 e. The minimum Gasteiger partial charge on any atom is -0.459 e. The van der Waals surface area contributed by atoms with Crippen LogP contribution in [-0.4, -0.2) is 12.7 Å². The van der Waals surface area contributed by atoms with Crippen molar-refractivity contribution in [1.82, 2.24) is 0 Å². The summed E-state index contributed by atoms with van der Waals surface area (Å²) in [6.45, 7) is 0. The van der Waals surface area contributed by atoms with Gasteiger partial charge in [0.1, 0.15) is 11.3 Å². The molecule has 0 saturated heterocycles. The normalized spacial score (nSPS) is 20.3. The first-order valence-electron chi connectivity index (χ1n) is 6.54. The first kappa shape index (κ1) is 11.8. The van der Waals surface area contributed by atoms with Crippen molar-refractivity contribution in [3.05, 3.63) is 36.1 Å². The van der Waals surface area contributed by atoms with E-state index in [-0.39, 0.29) is 11.6 Å². The number of hydrogen-bond donors (Lipinski definition) is 1. The maximum absolute atomic E-state index is 6.39. The number of methoxy groups -OCH3 is 1. The van der Waals surface area contributed by atoms with Crippen LogP contribution in [0.2, 0.25) is 0 Å². The van der Waals surface area contributed by atoms with E-state index in [4.69, 9.17) is 14.9 Å². The molecular weight excluding hydrogens is 226 g/mol. The number of rotatable bonds is 3.